The molecule has 5 rings (SSSR count). The summed E-state index contributed by atoms with van der Waals surface area (Å²) in [5.74, 6) is 0.113. The number of aliphatic hydroxyl groups excluding tert-OH is 4. The van der Waals surface area contributed by atoms with Crippen molar-refractivity contribution in [3.63, 3.8) is 0 Å². The molecule has 48 heavy (non-hydrogen) atoms. The largest absolute Gasteiger partial charge is 0.507 e. The molecule has 0 saturated heterocycles. The van der Waals surface area contributed by atoms with Crippen LogP contribution < -0.4 is 0 Å². The minimum Gasteiger partial charge on any atom is -0.507 e. The maximum Gasteiger partial charge on any atom is 0.124 e. The summed E-state index contributed by atoms with van der Waals surface area (Å²) in [5, 5.41) is 56.4. The monoisotopic (exact) mass is 646 g/mol. The van der Waals surface area contributed by atoms with E-state index in [1.54, 1.807) is 0 Å². The summed E-state index contributed by atoms with van der Waals surface area (Å²) in [5.41, 5.74) is 5.37. The SMILES string of the molecule is Cc1cc(CN(C[C@H](O)c2ccccc2)C[C@H](O)c2ccccc2)c(O)c(CN(C[C@H](O)c2ccccc2)C[C@H](O)c2ccccc2)c1. The second-order valence-corrected chi connectivity index (χ2v) is 12.5. The molecule has 7 nitrogen and oxygen atoms in total. The third-order valence-electron chi connectivity index (χ3n) is 8.66. The van der Waals surface area contributed by atoms with Crippen LogP contribution in [0.5, 0.6) is 5.75 Å². The number of benzene rings is 5. The molecule has 0 spiro atoms. The summed E-state index contributed by atoms with van der Waals surface area (Å²) < 4.78 is 0. The Morgan fingerprint density at radius 2 is 0.688 bits per heavy atom. The van der Waals surface area contributed by atoms with Crippen molar-refractivity contribution in [3.05, 3.63) is 172 Å². The molecule has 4 atom stereocenters. The van der Waals surface area contributed by atoms with Crippen molar-refractivity contribution in [1.29, 1.82) is 0 Å². The van der Waals surface area contributed by atoms with E-state index in [0.717, 1.165) is 27.8 Å². The van der Waals surface area contributed by atoms with Crippen molar-refractivity contribution in [1.82, 2.24) is 9.80 Å². The van der Waals surface area contributed by atoms with Crippen LogP contribution in [0.25, 0.3) is 0 Å². The van der Waals surface area contributed by atoms with Gasteiger partial charge in [0, 0.05) is 50.4 Å². The number of hydrogen-bond donors (Lipinski definition) is 5. The quantitative estimate of drug-likeness (QED) is 0.0864. The molecule has 0 aliphatic carbocycles. The lowest BCUT2D eigenvalue weighted by Gasteiger charge is -2.30. The molecular weight excluding hydrogens is 600 g/mol. The lowest BCUT2D eigenvalue weighted by atomic mass is 10.0. The van der Waals surface area contributed by atoms with E-state index in [-0.39, 0.29) is 45.0 Å². The van der Waals surface area contributed by atoms with Gasteiger partial charge in [0.25, 0.3) is 0 Å². The van der Waals surface area contributed by atoms with Gasteiger partial charge in [0.05, 0.1) is 24.4 Å². The van der Waals surface area contributed by atoms with Crippen LogP contribution in [0, 0.1) is 6.92 Å². The summed E-state index contributed by atoms with van der Waals surface area (Å²) in [7, 11) is 0. The highest BCUT2D eigenvalue weighted by Gasteiger charge is 2.23. The van der Waals surface area contributed by atoms with Crippen molar-refractivity contribution in [2.75, 3.05) is 26.2 Å². The Balaban J connectivity index is 1.40. The Morgan fingerprint density at radius 1 is 0.438 bits per heavy atom. The van der Waals surface area contributed by atoms with Crippen LogP contribution in [0.2, 0.25) is 0 Å². The third-order valence-corrected chi connectivity index (χ3v) is 8.66. The molecule has 0 fully saturated rings. The molecule has 7 heteroatoms. The van der Waals surface area contributed by atoms with Crippen molar-refractivity contribution < 1.29 is 25.5 Å². The van der Waals surface area contributed by atoms with E-state index in [0.29, 0.717) is 11.1 Å². The van der Waals surface area contributed by atoms with E-state index in [4.69, 9.17) is 0 Å². The van der Waals surface area contributed by atoms with Crippen LogP contribution in [0.15, 0.2) is 133 Å². The molecule has 5 aromatic rings. The zero-order valence-corrected chi connectivity index (χ0v) is 27.4. The van der Waals surface area contributed by atoms with Gasteiger partial charge in [0.15, 0.2) is 0 Å². The smallest absolute Gasteiger partial charge is 0.124 e. The Bertz CT molecular complexity index is 1450. The number of rotatable bonds is 16. The number of nitrogens with zero attached hydrogens (tertiary/aromatic N) is 2. The zero-order chi connectivity index (χ0) is 33.9. The molecule has 0 bridgehead atoms. The van der Waals surface area contributed by atoms with Gasteiger partial charge < -0.3 is 25.5 Å². The van der Waals surface area contributed by atoms with Crippen LogP contribution in [0.3, 0.4) is 0 Å². The molecule has 0 saturated carbocycles. The third kappa shape index (κ3) is 9.84. The van der Waals surface area contributed by atoms with E-state index >= 15 is 0 Å². The summed E-state index contributed by atoms with van der Waals surface area (Å²) >= 11 is 0. The lowest BCUT2D eigenvalue weighted by molar-refractivity contribution is 0.0631. The summed E-state index contributed by atoms with van der Waals surface area (Å²) in [4.78, 5) is 3.92. The number of hydrogen-bond acceptors (Lipinski definition) is 7. The molecular formula is C41H46N2O5. The van der Waals surface area contributed by atoms with E-state index in [1.807, 2.05) is 150 Å². The van der Waals surface area contributed by atoms with Gasteiger partial charge in [0.1, 0.15) is 5.75 Å². The van der Waals surface area contributed by atoms with Crippen LogP contribution in [-0.4, -0.2) is 61.5 Å². The predicted octanol–water partition coefficient (Wildman–Crippen LogP) is 6.24. The van der Waals surface area contributed by atoms with Crippen LogP contribution in [0.4, 0.5) is 0 Å². The maximum absolute atomic E-state index is 11.7. The van der Waals surface area contributed by atoms with Gasteiger partial charge in [-0.2, -0.15) is 0 Å². The first-order chi connectivity index (χ1) is 23.3. The predicted molar refractivity (Wildman–Crippen MR) is 189 cm³/mol. The molecule has 5 aromatic carbocycles. The molecule has 250 valence electrons. The summed E-state index contributed by atoms with van der Waals surface area (Å²) in [6.07, 6.45) is -3.19. The van der Waals surface area contributed by atoms with Gasteiger partial charge in [-0.1, -0.05) is 139 Å². The zero-order valence-electron chi connectivity index (χ0n) is 27.4. The minimum absolute atomic E-state index is 0.113. The van der Waals surface area contributed by atoms with Crippen LogP contribution in [0.1, 0.15) is 63.4 Å². The summed E-state index contributed by atoms with van der Waals surface area (Å²) in [6.45, 7) is 3.52. The fourth-order valence-corrected chi connectivity index (χ4v) is 6.17. The Morgan fingerprint density at radius 3 is 0.938 bits per heavy atom. The van der Waals surface area contributed by atoms with Crippen LogP contribution >= 0.6 is 0 Å². The normalized spacial score (nSPS) is 14.1. The van der Waals surface area contributed by atoms with Gasteiger partial charge in [-0.25, -0.2) is 0 Å². The molecule has 0 radical (unpaired) electrons. The Kier molecular flexibility index (Phi) is 12.5. The fourth-order valence-electron chi connectivity index (χ4n) is 6.17. The highest BCUT2D eigenvalue weighted by Crippen LogP contribution is 2.30. The van der Waals surface area contributed by atoms with Gasteiger partial charge in [0.2, 0.25) is 0 Å². The number of phenols is 1. The van der Waals surface area contributed by atoms with E-state index in [1.165, 1.54) is 0 Å². The molecule has 0 unspecified atom stereocenters. The second kappa shape index (κ2) is 17.2. The number of aryl methyl sites for hydroxylation is 1. The molecule has 0 aromatic heterocycles. The van der Waals surface area contributed by atoms with E-state index in [2.05, 4.69) is 0 Å². The van der Waals surface area contributed by atoms with Gasteiger partial charge in [-0.15, -0.1) is 0 Å². The maximum atomic E-state index is 11.7. The van der Waals surface area contributed by atoms with Crippen molar-refractivity contribution >= 4 is 0 Å². The lowest BCUT2D eigenvalue weighted by Crippen LogP contribution is -2.33. The van der Waals surface area contributed by atoms with Crippen LogP contribution in [-0.2, 0) is 13.1 Å². The fraction of sp³-hybridized carbons (Fsp3) is 0.268. The van der Waals surface area contributed by atoms with Crippen molar-refractivity contribution in [3.8, 4) is 5.75 Å². The van der Waals surface area contributed by atoms with Gasteiger partial charge in [-0.05, 0) is 29.2 Å². The first kappa shape index (κ1) is 35.0. The highest BCUT2D eigenvalue weighted by atomic mass is 16.3. The van der Waals surface area contributed by atoms with E-state index < -0.39 is 24.4 Å². The topological polar surface area (TPSA) is 108 Å². The standard InChI is InChI=1S/C41H46N2O5/c1-30-22-35(24-42(26-37(44)31-14-6-2-7-15-31)27-38(45)32-16-8-3-9-17-32)41(48)36(23-30)25-43(28-39(46)33-18-10-4-11-19-33)29-40(47)34-20-12-5-13-21-34/h2-23,37-40,44-48H,24-29H2,1H3/t37-,38-,39-,40-/m0/s1. The van der Waals surface area contributed by atoms with Gasteiger partial charge in [-0.3, -0.25) is 9.80 Å². The molecule has 0 amide bonds. The molecule has 0 aliphatic rings. The van der Waals surface area contributed by atoms with E-state index in [9.17, 15) is 25.5 Å². The Labute approximate surface area is 283 Å². The average molecular weight is 647 g/mol. The Hall–Kier alpha value is -4.34. The number of aliphatic hydroxyl groups is 4. The number of phenolic OH excluding ortho intramolecular Hbond substituents is 1. The highest BCUT2D eigenvalue weighted by molar-refractivity contribution is 5.43. The van der Waals surface area contributed by atoms with Gasteiger partial charge >= 0.3 is 0 Å². The first-order valence-electron chi connectivity index (χ1n) is 16.4. The summed E-state index contributed by atoms with van der Waals surface area (Å²) in [6, 6.07) is 41.6. The van der Waals surface area contributed by atoms with Crippen molar-refractivity contribution in [2.45, 2.75) is 44.4 Å². The molecule has 0 heterocycles. The first-order valence-corrected chi connectivity index (χ1v) is 16.4. The number of aromatic hydroxyl groups is 1. The minimum atomic E-state index is -0.796. The molecule has 5 N–H and O–H groups in total. The molecule has 0 aliphatic heterocycles. The average Bonchev–Trinajstić information content (AvgIpc) is 3.11. The second-order valence-electron chi connectivity index (χ2n) is 12.5. The van der Waals surface area contributed by atoms with Crippen molar-refractivity contribution in [2.24, 2.45) is 0 Å².